The summed E-state index contributed by atoms with van der Waals surface area (Å²) in [5.74, 6) is -0.617. The molecule has 1 aromatic rings. The Morgan fingerprint density at radius 1 is 1.25 bits per heavy atom. The molecule has 0 saturated heterocycles. The van der Waals surface area contributed by atoms with Gasteiger partial charge in [0.25, 0.3) is 0 Å². The van der Waals surface area contributed by atoms with Crippen LogP contribution in [0.15, 0.2) is 36.5 Å². The molecule has 0 saturated carbocycles. The average molecular weight is 286 g/mol. The van der Waals surface area contributed by atoms with Gasteiger partial charge in [-0.3, -0.25) is 4.79 Å². The van der Waals surface area contributed by atoms with Crippen LogP contribution in [0.3, 0.4) is 0 Å². The quantitative estimate of drug-likeness (QED) is 0.505. The number of benzene rings is 1. The van der Waals surface area contributed by atoms with E-state index in [1.807, 2.05) is 0 Å². The maximum atomic E-state index is 11.8. The van der Waals surface area contributed by atoms with Gasteiger partial charge in [-0.1, -0.05) is 24.8 Å². The third kappa shape index (κ3) is 5.36. The minimum Gasteiger partial charge on any atom is -0.467 e. The molecule has 103 valence electrons. The van der Waals surface area contributed by atoms with Crippen molar-refractivity contribution < 1.29 is 19.1 Å². The standard InChI is InChI=1S/C14H17NO4.Na/c1-9(2)15-13(14(17)18-4)11-7-5-6-8-12(11)19-10(3)16;/h5-8,13,15H,1H2,2-4H3;. The number of carbonyl (C=O) groups excluding carboxylic acids is 2. The summed E-state index contributed by atoms with van der Waals surface area (Å²) in [7, 11) is 1.30. The Bertz CT molecular complexity index is 502. The van der Waals surface area contributed by atoms with Crippen molar-refractivity contribution in [1.29, 1.82) is 0 Å². The molecule has 20 heavy (non-hydrogen) atoms. The largest absolute Gasteiger partial charge is 0.467 e. The van der Waals surface area contributed by atoms with Crippen molar-refractivity contribution in [3.05, 3.63) is 42.1 Å². The second-order valence-electron chi connectivity index (χ2n) is 4.01. The van der Waals surface area contributed by atoms with Gasteiger partial charge in [0.1, 0.15) is 5.75 Å². The molecule has 0 fully saturated rings. The summed E-state index contributed by atoms with van der Waals surface area (Å²) in [6, 6.07) is 6.01. The molecule has 0 aliphatic rings. The van der Waals surface area contributed by atoms with Crippen LogP contribution >= 0.6 is 0 Å². The van der Waals surface area contributed by atoms with E-state index in [4.69, 9.17) is 9.47 Å². The molecule has 1 radical (unpaired) electrons. The normalized spacial score (nSPS) is 10.8. The van der Waals surface area contributed by atoms with E-state index < -0.39 is 18.0 Å². The van der Waals surface area contributed by atoms with E-state index >= 15 is 0 Å². The second kappa shape index (κ2) is 8.79. The SMILES string of the molecule is C=C(C)NC(C(=O)OC)c1ccccc1OC(C)=O.[Na]. The molecule has 6 heteroatoms. The van der Waals surface area contributed by atoms with E-state index in [0.29, 0.717) is 17.0 Å². The molecule has 0 heterocycles. The van der Waals surface area contributed by atoms with Crippen LogP contribution < -0.4 is 10.1 Å². The molecule has 0 aliphatic carbocycles. The first-order chi connectivity index (χ1) is 8.95. The van der Waals surface area contributed by atoms with Crippen molar-refractivity contribution in [2.75, 3.05) is 7.11 Å². The fourth-order valence-corrected chi connectivity index (χ4v) is 1.59. The average Bonchev–Trinajstić information content (AvgIpc) is 2.35. The summed E-state index contributed by atoms with van der Waals surface area (Å²) in [5, 5.41) is 2.90. The number of carbonyl (C=O) groups is 2. The van der Waals surface area contributed by atoms with Gasteiger partial charge in [-0.2, -0.15) is 0 Å². The minimum absolute atomic E-state index is 0. The summed E-state index contributed by atoms with van der Waals surface area (Å²) in [5.41, 5.74) is 1.13. The van der Waals surface area contributed by atoms with Gasteiger partial charge in [0.2, 0.25) is 0 Å². The Morgan fingerprint density at radius 3 is 2.35 bits per heavy atom. The molecule has 5 nitrogen and oxygen atoms in total. The molecule has 1 aromatic carbocycles. The number of ether oxygens (including phenoxy) is 2. The van der Waals surface area contributed by atoms with Gasteiger partial charge in [0.05, 0.1) is 7.11 Å². The van der Waals surface area contributed by atoms with Gasteiger partial charge < -0.3 is 14.8 Å². The van der Waals surface area contributed by atoms with Crippen molar-refractivity contribution in [1.82, 2.24) is 5.32 Å². The molecule has 0 spiro atoms. The maximum absolute atomic E-state index is 11.8. The minimum atomic E-state index is -0.766. The zero-order valence-electron chi connectivity index (χ0n) is 12.2. The predicted molar refractivity (Wildman–Crippen MR) is 76.2 cm³/mol. The van der Waals surface area contributed by atoms with Crippen LogP contribution in [0.4, 0.5) is 0 Å². The summed E-state index contributed by atoms with van der Waals surface area (Å²) in [6.45, 7) is 6.73. The zero-order valence-corrected chi connectivity index (χ0v) is 14.2. The number of nitrogens with one attached hydrogen (secondary N) is 1. The molecule has 0 amide bonds. The number of hydrogen-bond acceptors (Lipinski definition) is 5. The first-order valence-electron chi connectivity index (χ1n) is 5.73. The van der Waals surface area contributed by atoms with Crippen molar-refractivity contribution >= 4 is 41.5 Å². The smallest absolute Gasteiger partial charge is 0.333 e. The number of methoxy groups -OCH3 is 1. The number of para-hydroxylation sites is 1. The third-order valence-corrected chi connectivity index (χ3v) is 2.31. The Morgan fingerprint density at radius 2 is 1.85 bits per heavy atom. The second-order valence-corrected chi connectivity index (χ2v) is 4.01. The van der Waals surface area contributed by atoms with E-state index in [-0.39, 0.29) is 29.6 Å². The van der Waals surface area contributed by atoms with Crippen LogP contribution in [0.5, 0.6) is 5.75 Å². The first-order valence-corrected chi connectivity index (χ1v) is 5.73. The molecule has 1 atom stereocenters. The molecule has 0 aromatic heterocycles. The van der Waals surface area contributed by atoms with Crippen molar-refractivity contribution in [3.63, 3.8) is 0 Å². The van der Waals surface area contributed by atoms with Crippen LogP contribution in [0.1, 0.15) is 25.5 Å². The van der Waals surface area contributed by atoms with Crippen molar-refractivity contribution in [2.45, 2.75) is 19.9 Å². The Kier molecular flexibility index (Phi) is 8.22. The van der Waals surface area contributed by atoms with Gasteiger partial charge in [-0.05, 0) is 13.0 Å². The van der Waals surface area contributed by atoms with E-state index in [2.05, 4.69) is 11.9 Å². The summed E-state index contributed by atoms with van der Waals surface area (Å²) in [4.78, 5) is 22.9. The molecule has 1 N–H and O–H groups in total. The fourth-order valence-electron chi connectivity index (χ4n) is 1.59. The van der Waals surface area contributed by atoms with Crippen LogP contribution in [0, 0.1) is 0 Å². The van der Waals surface area contributed by atoms with Crippen molar-refractivity contribution in [2.24, 2.45) is 0 Å². The van der Waals surface area contributed by atoms with Gasteiger partial charge in [-0.15, -0.1) is 0 Å². The summed E-state index contributed by atoms with van der Waals surface area (Å²) >= 11 is 0. The Hall–Kier alpha value is -1.30. The van der Waals surface area contributed by atoms with Gasteiger partial charge in [-0.25, -0.2) is 4.79 Å². The number of rotatable bonds is 5. The summed E-state index contributed by atoms with van der Waals surface area (Å²) in [6.07, 6.45) is 0. The topological polar surface area (TPSA) is 64.6 Å². The first kappa shape index (κ1) is 18.7. The molecule has 1 unspecified atom stereocenters. The zero-order chi connectivity index (χ0) is 14.4. The molecule has 0 aliphatic heterocycles. The van der Waals surface area contributed by atoms with Gasteiger partial charge in [0.15, 0.2) is 6.04 Å². The molecule has 1 rings (SSSR count). The monoisotopic (exact) mass is 286 g/mol. The van der Waals surface area contributed by atoms with Crippen molar-refractivity contribution in [3.8, 4) is 5.75 Å². The molecule has 0 bridgehead atoms. The molecular formula is C14H17NNaO4. The maximum Gasteiger partial charge on any atom is 0.333 e. The van der Waals surface area contributed by atoms with Crippen LogP contribution in [-0.4, -0.2) is 48.6 Å². The Labute approximate surface area is 140 Å². The van der Waals surface area contributed by atoms with Gasteiger partial charge in [0, 0.05) is 47.7 Å². The van der Waals surface area contributed by atoms with E-state index in [1.165, 1.54) is 14.0 Å². The van der Waals surface area contributed by atoms with Crippen LogP contribution in [-0.2, 0) is 14.3 Å². The third-order valence-electron chi connectivity index (χ3n) is 2.31. The Balaban J connectivity index is 0.00000361. The van der Waals surface area contributed by atoms with E-state index in [0.717, 1.165) is 0 Å². The summed E-state index contributed by atoms with van der Waals surface area (Å²) < 4.78 is 9.83. The van der Waals surface area contributed by atoms with Crippen LogP contribution in [0.2, 0.25) is 0 Å². The van der Waals surface area contributed by atoms with Crippen LogP contribution in [0.25, 0.3) is 0 Å². The number of hydrogen-bond donors (Lipinski definition) is 1. The van der Waals surface area contributed by atoms with E-state index in [1.54, 1.807) is 31.2 Å². The number of allylic oxidation sites excluding steroid dienone is 1. The molecular weight excluding hydrogens is 269 g/mol. The predicted octanol–water partition coefficient (Wildman–Crippen LogP) is 1.57. The fraction of sp³-hybridized carbons (Fsp3) is 0.286. The van der Waals surface area contributed by atoms with E-state index in [9.17, 15) is 9.59 Å². The van der Waals surface area contributed by atoms with Gasteiger partial charge >= 0.3 is 11.9 Å². The number of esters is 2.